The molecule has 1 saturated heterocycles. The number of aromatic amines is 2. The molecule has 6 aromatic rings. The van der Waals surface area contributed by atoms with Crippen molar-refractivity contribution in [3.63, 3.8) is 0 Å². The summed E-state index contributed by atoms with van der Waals surface area (Å²) in [5.41, 5.74) is 8.76. The first-order valence-electron chi connectivity index (χ1n) is 12.6. The summed E-state index contributed by atoms with van der Waals surface area (Å²) in [6, 6.07) is 12.1. The van der Waals surface area contributed by atoms with Crippen molar-refractivity contribution in [3.05, 3.63) is 72.9 Å². The highest BCUT2D eigenvalue weighted by molar-refractivity contribution is 5.94. The number of imidazole rings is 1. The fraction of sp³-hybridized carbons (Fsp3) is 0.214. The average molecular weight is 488 g/mol. The van der Waals surface area contributed by atoms with E-state index in [1.807, 2.05) is 48.9 Å². The number of nitrogens with one attached hydrogen (secondary N) is 2. The highest BCUT2D eigenvalue weighted by Gasteiger charge is 2.18. The van der Waals surface area contributed by atoms with Gasteiger partial charge in [-0.2, -0.15) is 5.10 Å². The van der Waals surface area contributed by atoms with Gasteiger partial charge < -0.3 is 4.98 Å². The second kappa shape index (κ2) is 9.18. The molecule has 0 radical (unpaired) electrons. The number of hydrogen-bond acceptors (Lipinski definition) is 7. The third kappa shape index (κ3) is 4.13. The van der Waals surface area contributed by atoms with Crippen molar-refractivity contribution in [2.75, 3.05) is 13.1 Å². The maximum atomic E-state index is 4.98. The van der Waals surface area contributed by atoms with Crippen LogP contribution >= 0.6 is 0 Å². The Morgan fingerprint density at radius 3 is 2.68 bits per heavy atom. The van der Waals surface area contributed by atoms with Gasteiger partial charge >= 0.3 is 0 Å². The Hall–Kier alpha value is -4.50. The molecule has 9 nitrogen and oxygen atoms in total. The number of piperidine rings is 1. The van der Waals surface area contributed by atoms with Gasteiger partial charge in [-0.15, -0.1) is 0 Å². The van der Waals surface area contributed by atoms with E-state index < -0.39 is 0 Å². The van der Waals surface area contributed by atoms with Gasteiger partial charge in [0.25, 0.3) is 0 Å². The van der Waals surface area contributed by atoms with Gasteiger partial charge in [-0.25, -0.2) is 15.0 Å². The van der Waals surface area contributed by atoms with Crippen LogP contribution in [0.15, 0.2) is 67.4 Å². The van der Waals surface area contributed by atoms with Crippen molar-refractivity contribution in [1.29, 1.82) is 0 Å². The lowest BCUT2D eigenvalue weighted by Crippen LogP contribution is -2.29. The molecule has 0 aliphatic carbocycles. The van der Waals surface area contributed by atoms with Gasteiger partial charge in [0.1, 0.15) is 5.52 Å². The zero-order valence-electron chi connectivity index (χ0n) is 20.2. The van der Waals surface area contributed by atoms with E-state index in [1.54, 1.807) is 12.4 Å². The number of hydrogen-bond donors (Lipinski definition) is 2. The molecule has 1 fully saturated rings. The van der Waals surface area contributed by atoms with Gasteiger partial charge in [0, 0.05) is 54.2 Å². The Morgan fingerprint density at radius 1 is 0.865 bits per heavy atom. The Bertz CT molecular complexity index is 1700. The smallest absolute Gasteiger partial charge is 0.178 e. The number of nitrogens with zero attached hydrogens (tertiary/aromatic N) is 7. The molecule has 0 saturated carbocycles. The highest BCUT2D eigenvalue weighted by Crippen LogP contribution is 2.31. The number of aromatic nitrogens is 8. The fourth-order valence-corrected chi connectivity index (χ4v) is 5.10. The summed E-state index contributed by atoms with van der Waals surface area (Å²) in [4.78, 5) is 28.9. The van der Waals surface area contributed by atoms with E-state index in [0.29, 0.717) is 17.2 Å². The van der Waals surface area contributed by atoms with Gasteiger partial charge in [-0.1, -0.05) is 12.5 Å². The third-order valence-corrected chi connectivity index (χ3v) is 6.94. The average Bonchev–Trinajstić information content (AvgIpc) is 3.58. The summed E-state index contributed by atoms with van der Waals surface area (Å²) in [5, 5.41) is 7.65. The van der Waals surface area contributed by atoms with E-state index in [-0.39, 0.29) is 0 Å². The van der Waals surface area contributed by atoms with E-state index in [4.69, 9.17) is 9.97 Å². The molecule has 9 heteroatoms. The topological polar surface area (TPSA) is 112 Å². The molecule has 2 N–H and O–H groups in total. The Balaban J connectivity index is 1.26. The normalized spacial score (nSPS) is 14.5. The highest BCUT2D eigenvalue weighted by atomic mass is 15.2. The monoisotopic (exact) mass is 487 g/mol. The van der Waals surface area contributed by atoms with Crippen molar-refractivity contribution in [1.82, 2.24) is 45.0 Å². The van der Waals surface area contributed by atoms with E-state index in [0.717, 1.165) is 58.6 Å². The minimum Gasteiger partial charge on any atom is -0.335 e. The summed E-state index contributed by atoms with van der Waals surface area (Å²) in [5.74, 6) is 0.617. The minimum absolute atomic E-state index is 0.617. The molecule has 37 heavy (non-hydrogen) atoms. The molecule has 182 valence electrons. The zero-order valence-corrected chi connectivity index (χ0v) is 20.2. The summed E-state index contributed by atoms with van der Waals surface area (Å²) in [6.45, 7) is 3.23. The summed E-state index contributed by atoms with van der Waals surface area (Å²) < 4.78 is 0. The van der Waals surface area contributed by atoms with E-state index in [9.17, 15) is 0 Å². The maximum absolute atomic E-state index is 4.98. The van der Waals surface area contributed by atoms with Crippen molar-refractivity contribution in [2.45, 2.75) is 25.8 Å². The van der Waals surface area contributed by atoms with Crippen LogP contribution in [0.25, 0.3) is 56.1 Å². The molecule has 1 aliphatic heterocycles. The number of H-pyrrole nitrogens is 2. The van der Waals surface area contributed by atoms with Crippen LogP contribution in [0.4, 0.5) is 0 Å². The maximum Gasteiger partial charge on any atom is 0.178 e. The van der Waals surface area contributed by atoms with Crippen LogP contribution in [0.1, 0.15) is 24.8 Å². The van der Waals surface area contributed by atoms with Gasteiger partial charge in [-0.3, -0.25) is 20.0 Å². The Labute approximate surface area is 213 Å². The van der Waals surface area contributed by atoms with Crippen molar-refractivity contribution >= 4 is 22.2 Å². The van der Waals surface area contributed by atoms with Gasteiger partial charge in [-0.05, 0) is 61.8 Å². The largest absolute Gasteiger partial charge is 0.335 e. The van der Waals surface area contributed by atoms with E-state index >= 15 is 0 Å². The second-order valence-corrected chi connectivity index (χ2v) is 9.47. The molecule has 0 amide bonds. The molecule has 0 bridgehead atoms. The first kappa shape index (κ1) is 21.8. The van der Waals surface area contributed by atoms with Gasteiger partial charge in [0.2, 0.25) is 0 Å². The number of pyridine rings is 4. The number of likely N-dealkylation sites (tertiary alicyclic amines) is 1. The molecule has 0 spiro atoms. The van der Waals surface area contributed by atoms with Crippen molar-refractivity contribution in [2.24, 2.45) is 0 Å². The molecule has 0 atom stereocenters. The SMILES string of the molecule is c1cncc(-c2ccnc3nc(-c4n[nH]c5ccc(-c6cncc(CN7CCCCC7)c6)nc45)[nH]c23)c1. The predicted molar refractivity (Wildman–Crippen MR) is 142 cm³/mol. The fourth-order valence-electron chi connectivity index (χ4n) is 5.10. The van der Waals surface area contributed by atoms with Crippen LogP contribution < -0.4 is 0 Å². The molecule has 1 aliphatic rings. The third-order valence-electron chi connectivity index (χ3n) is 6.94. The van der Waals surface area contributed by atoms with E-state index in [2.05, 4.69) is 41.1 Å². The van der Waals surface area contributed by atoms with Gasteiger partial charge in [0.05, 0.1) is 16.7 Å². The minimum atomic E-state index is 0.617. The number of fused-ring (bicyclic) bond motifs is 2. The molecule has 7 rings (SSSR count). The molecule has 7 heterocycles. The standard InChI is InChI=1S/C28H25N9/c1-2-11-37(12-3-1)17-18-13-20(16-30-14-18)22-6-7-23-25(32-22)26(36-35-23)28-33-24-21(8-10-31-27(24)34-28)19-5-4-9-29-15-19/h4-10,13-16H,1-3,11-12,17H2,(H,35,36)(H,31,33,34). The van der Waals surface area contributed by atoms with Crippen LogP contribution in [0.3, 0.4) is 0 Å². The summed E-state index contributed by atoms with van der Waals surface area (Å²) >= 11 is 0. The lowest BCUT2D eigenvalue weighted by Gasteiger charge is -2.26. The van der Waals surface area contributed by atoms with Crippen molar-refractivity contribution in [3.8, 4) is 33.9 Å². The first-order valence-corrected chi connectivity index (χ1v) is 12.6. The predicted octanol–water partition coefficient (Wildman–Crippen LogP) is 5.01. The zero-order chi connectivity index (χ0) is 24.6. The quantitative estimate of drug-likeness (QED) is 0.352. The van der Waals surface area contributed by atoms with Crippen LogP contribution in [0.5, 0.6) is 0 Å². The molecular formula is C28H25N9. The molecule has 6 aromatic heterocycles. The summed E-state index contributed by atoms with van der Waals surface area (Å²) in [7, 11) is 0. The van der Waals surface area contributed by atoms with Crippen molar-refractivity contribution < 1.29 is 0 Å². The van der Waals surface area contributed by atoms with Crippen LogP contribution in [-0.2, 0) is 6.54 Å². The Morgan fingerprint density at radius 2 is 1.78 bits per heavy atom. The molecule has 0 aromatic carbocycles. The molecular weight excluding hydrogens is 462 g/mol. The van der Waals surface area contributed by atoms with Gasteiger partial charge in [0.15, 0.2) is 17.2 Å². The van der Waals surface area contributed by atoms with Crippen LogP contribution in [0, 0.1) is 0 Å². The second-order valence-electron chi connectivity index (χ2n) is 9.47. The van der Waals surface area contributed by atoms with Crippen LogP contribution in [0.2, 0.25) is 0 Å². The lowest BCUT2D eigenvalue weighted by atomic mass is 10.1. The lowest BCUT2D eigenvalue weighted by molar-refractivity contribution is 0.220. The first-order chi connectivity index (χ1) is 18.3. The van der Waals surface area contributed by atoms with Crippen LogP contribution in [-0.4, -0.2) is 58.1 Å². The van der Waals surface area contributed by atoms with E-state index in [1.165, 1.54) is 24.8 Å². The molecule has 0 unspecified atom stereocenters. The number of rotatable bonds is 5. The Kier molecular flexibility index (Phi) is 5.40. The summed E-state index contributed by atoms with van der Waals surface area (Å²) in [6.07, 6.45) is 13.1.